The SMILES string of the molecule is CN(C)CCNC(=O)COc1cccc2c1OC(C)(C)C2. The van der Waals surface area contributed by atoms with Gasteiger partial charge in [-0.25, -0.2) is 0 Å². The van der Waals surface area contributed by atoms with E-state index in [1.54, 1.807) is 0 Å². The molecule has 0 radical (unpaired) electrons. The second-order valence-electron chi connectivity index (χ2n) is 6.22. The third-order valence-corrected chi connectivity index (χ3v) is 3.29. The lowest BCUT2D eigenvalue weighted by Gasteiger charge is -2.18. The molecule has 0 saturated heterocycles. The lowest BCUT2D eigenvalue weighted by molar-refractivity contribution is -0.123. The molecule has 0 saturated carbocycles. The smallest absolute Gasteiger partial charge is 0.257 e. The molecule has 116 valence electrons. The van der Waals surface area contributed by atoms with Crippen LogP contribution in [0.2, 0.25) is 0 Å². The van der Waals surface area contributed by atoms with Gasteiger partial charge in [0.1, 0.15) is 5.60 Å². The number of benzene rings is 1. The van der Waals surface area contributed by atoms with Gasteiger partial charge in [-0.2, -0.15) is 0 Å². The highest BCUT2D eigenvalue weighted by molar-refractivity contribution is 5.77. The molecule has 0 bridgehead atoms. The van der Waals surface area contributed by atoms with Crippen molar-refractivity contribution in [2.75, 3.05) is 33.8 Å². The highest BCUT2D eigenvalue weighted by Gasteiger charge is 2.32. The maximum Gasteiger partial charge on any atom is 0.257 e. The zero-order chi connectivity index (χ0) is 15.5. The van der Waals surface area contributed by atoms with Crippen molar-refractivity contribution in [1.29, 1.82) is 0 Å². The number of likely N-dealkylation sites (N-methyl/N-ethyl adjacent to an activating group) is 1. The number of rotatable bonds is 6. The molecular formula is C16H24N2O3. The normalized spacial score (nSPS) is 15.5. The predicted octanol–water partition coefficient (Wildman–Crippen LogP) is 1.46. The van der Waals surface area contributed by atoms with Crippen LogP contribution < -0.4 is 14.8 Å². The van der Waals surface area contributed by atoms with Crippen molar-refractivity contribution in [3.05, 3.63) is 23.8 Å². The van der Waals surface area contributed by atoms with E-state index in [1.165, 1.54) is 0 Å². The van der Waals surface area contributed by atoms with Crippen LogP contribution in [-0.2, 0) is 11.2 Å². The van der Waals surface area contributed by atoms with Crippen molar-refractivity contribution in [2.24, 2.45) is 0 Å². The Labute approximate surface area is 126 Å². The number of nitrogens with zero attached hydrogens (tertiary/aromatic N) is 1. The van der Waals surface area contributed by atoms with Crippen LogP contribution in [0.3, 0.4) is 0 Å². The number of fused-ring (bicyclic) bond motifs is 1. The summed E-state index contributed by atoms with van der Waals surface area (Å²) in [7, 11) is 3.93. The Morgan fingerprint density at radius 2 is 2.19 bits per heavy atom. The van der Waals surface area contributed by atoms with Crippen molar-refractivity contribution in [2.45, 2.75) is 25.9 Å². The first-order valence-electron chi connectivity index (χ1n) is 7.22. The third-order valence-electron chi connectivity index (χ3n) is 3.29. The fourth-order valence-corrected chi connectivity index (χ4v) is 2.31. The molecule has 0 spiro atoms. The second-order valence-corrected chi connectivity index (χ2v) is 6.22. The summed E-state index contributed by atoms with van der Waals surface area (Å²) in [5.41, 5.74) is 0.918. The van der Waals surface area contributed by atoms with Gasteiger partial charge in [0.05, 0.1) is 0 Å². The summed E-state index contributed by atoms with van der Waals surface area (Å²) in [5.74, 6) is 1.29. The Kier molecular flexibility index (Phi) is 4.73. The Morgan fingerprint density at radius 1 is 1.43 bits per heavy atom. The summed E-state index contributed by atoms with van der Waals surface area (Å²) in [5, 5.41) is 2.82. The predicted molar refractivity (Wildman–Crippen MR) is 81.9 cm³/mol. The van der Waals surface area contributed by atoms with Crippen LogP contribution in [0.5, 0.6) is 11.5 Å². The molecule has 0 unspecified atom stereocenters. The summed E-state index contributed by atoms with van der Waals surface area (Å²) in [4.78, 5) is 13.7. The Balaban J connectivity index is 1.88. The van der Waals surface area contributed by atoms with E-state index in [2.05, 4.69) is 5.32 Å². The summed E-state index contributed by atoms with van der Waals surface area (Å²) in [6.45, 7) is 5.53. The van der Waals surface area contributed by atoms with Crippen LogP contribution in [0.15, 0.2) is 18.2 Å². The van der Waals surface area contributed by atoms with E-state index < -0.39 is 0 Å². The van der Waals surface area contributed by atoms with Gasteiger partial charge in [0.2, 0.25) is 0 Å². The highest BCUT2D eigenvalue weighted by atomic mass is 16.5. The minimum atomic E-state index is -0.213. The Morgan fingerprint density at radius 3 is 2.90 bits per heavy atom. The molecule has 1 N–H and O–H groups in total. The van der Waals surface area contributed by atoms with E-state index in [-0.39, 0.29) is 18.1 Å². The van der Waals surface area contributed by atoms with Crippen molar-refractivity contribution in [3.8, 4) is 11.5 Å². The summed E-state index contributed by atoms with van der Waals surface area (Å²) < 4.78 is 11.5. The van der Waals surface area contributed by atoms with Crippen LogP contribution in [0.1, 0.15) is 19.4 Å². The highest BCUT2D eigenvalue weighted by Crippen LogP contribution is 2.41. The molecule has 1 amide bonds. The van der Waals surface area contributed by atoms with Crippen molar-refractivity contribution < 1.29 is 14.3 Å². The molecule has 1 aliphatic rings. The molecule has 0 atom stereocenters. The zero-order valence-corrected chi connectivity index (χ0v) is 13.2. The van der Waals surface area contributed by atoms with Gasteiger partial charge in [-0.15, -0.1) is 0 Å². The molecule has 1 aromatic carbocycles. The van der Waals surface area contributed by atoms with Crippen molar-refractivity contribution in [3.63, 3.8) is 0 Å². The van der Waals surface area contributed by atoms with E-state index in [0.29, 0.717) is 12.3 Å². The quantitative estimate of drug-likeness (QED) is 0.862. The largest absolute Gasteiger partial charge is 0.483 e. The first-order valence-corrected chi connectivity index (χ1v) is 7.22. The van der Waals surface area contributed by atoms with Crippen molar-refractivity contribution >= 4 is 5.91 Å². The van der Waals surface area contributed by atoms with Gasteiger partial charge in [-0.1, -0.05) is 12.1 Å². The van der Waals surface area contributed by atoms with Gasteiger partial charge in [0.25, 0.3) is 5.91 Å². The minimum absolute atomic E-state index is 0.00761. The van der Waals surface area contributed by atoms with Crippen LogP contribution >= 0.6 is 0 Å². The fraction of sp³-hybridized carbons (Fsp3) is 0.562. The molecule has 0 aliphatic carbocycles. The summed E-state index contributed by atoms with van der Waals surface area (Å²) >= 11 is 0. The standard InChI is InChI=1S/C16H24N2O3/c1-16(2)10-12-6-5-7-13(15(12)21-16)20-11-14(19)17-8-9-18(3)4/h5-7H,8-11H2,1-4H3,(H,17,19). The first kappa shape index (κ1) is 15.6. The van der Waals surface area contributed by atoms with E-state index in [4.69, 9.17) is 9.47 Å². The average Bonchev–Trinajstić information content (AvgIpc) is 2.70. The fourth-order valence-electron chi connectivity index (χ4n) is 2.31. The number of carbonyl (C=O) groups excluding carboxylic acids is 1. The number of hydrogen-bond acceptors (Lipinski definition) is 4. The van der Waals surface area contributed by atoms with E-state index in [0.717, 1.165) is 24.3 Å². The molecular weight excluding hydrogens is 268 g/mol. The van der Waals surface area contributed by atoms with E-state index >= 15 is 0 Å². The number of nitrogens with one attached hydrogen (secondary N) is 1. The lowest BCUT2D eigenvalue weighted by atomic mass is 10.0. The number of hydrogen-bond donors (Lipinski definition) is 1. The van der Waals surface area contributed by atoms with Crippen LogP contribution in [0, 0.1) is 0 Å². The van der Waals surface area contributed by atoms with Crippen LogP contribution in [0.4, 0.5) is 0 Å². The monoisotopic (exact) mass is 292 g/mol. The molecule has 2 rings (SSSR count). The first-order chi connectivity index (χ1) is 9.87. The van der Waals surface area contributed by atoms with Gasteiger partial charge >= 0.3 is 0 Å². The maximum absolute atomic E-state index is 11.7. The van der Waals surface area contributed by atoms with Gasteiger partial charge in [0, 0.05) is 25.1 Å². The molecule has 5 heteroatoms. The number of amides is 1. The van der Waals surface area contributed by atoms with Gasteiger partial charge in [-0.3, -0.25) is 4.79 Å². The van der Waals surface area contributed by atoms with Gasteiger partial charge < -0.3 is 19.7 Å². The van der Waals surface area contributed by atoms with Gasteiger partial charge in [-0.05, 0) is 34.0 Å². The van der Waals surface area contributed by atoms with Gasteiger partial charge in [0.15, 0.2) is 18.1 Å². The molecule has 21 heavy (non-hydrogen) atoms. The van der Waals surface area contributed by atoms with Crippen LogP contribution in [0.25, 0.3) is 0 Å². The van der Waals surface area contributed by atoms with Crippen LogP contribution in [-0.4, -0.2) is 50.2 Å². The Hall–Kier alpha value is -1.75. The summed E-state index contributed by atoms with van der Waals surface area (Å²) in [6, 6.07) is 5.81. The molecule has 1 aromatic rings. The molecule has 1 heterocycles. The second kappa shape index (κ2) is 6.35. The van der Waals surface area contributed by atoms with E-state index in [9.17, 15) is 4.79 Å². The number of carbonyl (C=O) groups is 1. The van der Waals surface area contributed by atoms with E-state index in [1.807, 2.05) is 51.0 Å². The number of ether oxygens (including phenoxy) is 2. The molecule has 5 nitrogen and oxygen atoms in total. The lowest BCUT2D eigenvalue weighted by Crippen LogP contribution is -2.34. The maximum atomic E-state index is 11.7. The average molecular weight is 292 g/mol. The molecule has 0 aromatic heterocycles. The zero-order valence-electron chi connectivity index (χ0n) is 13.2. The summed E-state index contributed by atoms with van der Waals surface area (Å²) in [6.07, 6.45) is 0.856. The Bertz CT molecular complexity index is 512. The number of para-hydroxylation sites is 1. The third kappa shape index (κ3) is 4.36. The topological polar surface area (TPSA) is 50.8 Å². The van der Waals surface area contributed by atoms with Crippen molar-refractivity contribution in [1.82, 2.24) is 10.2 Å². The molecule has 0 fully saturated rings. The molecule has 1 aliphatic heterocycles. The minimum Gasteiger partial charge on any atom is -0.483 e.